The summed E-state index contributed by atoms with van der Waals surface area (Å²) in [5.74, 6) is 1.18. The van der Waals surface area contributed by atoms with Gasteiger partial charge in [0.15, 0.2) is 6.29 Å². The van der Waals surface area contributed by atoms with Crippen LogP contribution in [-0.4, -0.2) is 51.2 Å². The van der Waals surface area contributed by atoms with Crippen molar-refractivity contribution in [2.24, 2.45) is 0 Å². The molecule has 1 rings (SSSR count). The molecule has 0 bridgehead atoms. The Kier molecular flexibility index (Phi) is 18.2. The lowest BCUT2D eigenvalue weighted by Gasteiger charge is -2.20. The van der Waals surface area contributed by atoms with Gasteiger partial charge in [-0.1, -0.05) is 78.6 Å². The molecule has 6 heteroatoms. The van der Waals surface area contributed by atoms with Gasteiger partial charge in [-0.3, -0.25) is 0 Å². The van der Waals surface area contributed by atoms with Gasteiger partial charge in [-0.25, -0.2) is 4.79 Å². The van der Waals surface area contributed by atoms with Gasteiger partial charge in [0.1, 0.15) is 18.1 Å². The maximum absolute atomic E-state index is 12.1. The first-order valence-corrected chi connectivity index (χ1v) is 13.9. The molecule has 0 saturated carbocycles. The molecule has 0 aliphatic heterocycles. The van der Waals surface area contributed by atoms with Crippen LogP contribution >= 0.6 is 0 Å². The second-order valence-electron chi connectivity index (χ2n) is 9.49. The molecule has 6 nitrogen and oxygen atoms in total. The summed E-state index contributed by atoms with van der Waals surface area (Å²) in [7, 11) is 3.35. The van der Waals surface area contributed by atoms with Crippen molar-refractivity contribution in [1.29, 1.82) is 0 Å². The third-order valence-electron chi connectivity index (χ3n) is 5.82. The van der Waals surface area contributed by atoms with Gasteiger partial charge in [-0.2, -0.15) is 0 Å². The maximum atomic E-state index is 12.1. The summed E-state index contributed by atoms with van der Waals surface area (Å²) < 4.78 is 23.7. The highest BCUT2D eigenvalue weighted by Gasteiger charge is 2.14. The molecule has 35 heavy (non-hydrogen) atoms. The van der Waals surface area contributed by atoms with E-state index < -0.39 is 12.4 Å². The molecular weight excluding hydrogens is 442 g/mol. The fraction of sp³-hybridized carbons (Fsp3) is 0.759. The minimum absolute atomic E-state index is 0.307. The van der Waals surface area contributed by atoms with Crippen molar-refractivity contribution in [3.05, 3.63) is 23.8 Å². The lowest BCUT2D eigenvalue weighted by Crippen LogP contribution is -2.26. The van der Waals surface area contributed by atoms with E-state index in [-0.39, 0.29) is 0 Å². The summed E-state index contributed by atoms with van der Waals surface area (Å²) >= 11 is 0. The van der Waals surface area contributed by atoms with Gasteiger partial charge in [0.2, 0.25) is 0 Å². The summed E-state index contributed by atoms with van der Waals surface area (Å²) in [6.45, 7) is 8.28. The first kappa shape index (κ1) is 31.2. The van der Waals surface area contributed by atoms with E-state index in [0.29, 0.717) is 31.3 Å². The fourth-order valence-electron chi connectivity index (χ4n) is 3.66. The standard InChI is InChI=1S/C29H51NO5/c1-6-9-12-15-18-25-21-26(23-27(22-25)35-29(31)30(4)5)34-24-28(32-19-16-13-10-7-2)33-20-17-14-11-8-3/h21-23,28H,6-20,24H2,1-5H3. The highest BCUT2D eigenvalue weighted by atomic mass is 16.7. The van der Waals surface area contributed by atoms with E-state index in [1.54, 1.807) is 20.2 Å². The lowest BCUT2D eigenvalue weighted by molar-refractivity contribution is -0.159. The second kappa shape index (κ2) is 20.4. The number of nitrogens with zero attached hydrogens (tertiary/aromatic N) is 1. The average Bonchev–Trinajstić information content (AvgIpc) is 2.84. The van der Waals surface area contributed by atoms with Crippen LogP contribution in [-0.2, 0) is 15.9 Å². The molecule has 0 saturated heterocycles. The molecule has 1 aromatic rings. The van der Waals surface area contributed by atoms with Crippen LogP contribution in [0.1, 0.15) is 103 Å². The quantitative estimate of drug-likeness (QED) is 0.129. The van der Waals surface area contributed by atoms with Crippen molar-refractivity contribution in [2.45, 2.75) is 111 Å². The fourth-order valence-corrected chi connectivity index (χ4v) is 3.66. The summed E-state index contributed by atoms with van der Waals surface area (Å²) in [6.07, 6.45) is 14.1. The number of hydrogen-bond donors (Lipinski definition) is 0. The van der Waals surface area contributed by atoms with Gasteiger partial charge >= 0.3 is 6.09 Å². The highest BCUT2D eigenvalue weighted by Crippen LogP contribution is 2.25. The Morgan fingerprint density at radius 1 is 0.743 bits per heavy atom. The predicted molar refractivity (Wildman–Crippen MR) is 143 cm³/mol. The Balaban J connectivity index is 2.78. The van der Waals surface area contributed by atoms with Crippen molar-refractivity contribution >= 4 is 6.09 Å². The number of carbonyl (C=O) groups excluding carboxylic acids is 1. The van der Waals surface area contributed by atoms with Crippen LogP contribution in [0.5, 0.6) is 11.5 Å². The summed E-state index contributed by atoms with van der Waals surface area (Å²) in [4.78, 5) is 13.5. The Hall–Kier alpha value is -1.79. The van der Waals surface area contributed by atoms with Gasteiger partial charge in [-0.15, -0.1) is 0 Å². The molecule has 0 fully saturated rings. The number of unbranched alkanes of at least 4 members (excludes halogenated alkanes) is 9. The van der Waals surface area contributed by atoms with Crippen LogP contribution in [0, 0.1) is 0 Å². The largest absolute Gasteiger partial charge is 0.488 e. The van der Waals surface area contributed by atoms with Crippen molar-refractivity contribution in [3.63, 3.8) is 0 Å². The molecule has 0 aliphatic rings. The zero-order chi connectivity index (χ0) is 25.7. The lowest BCUT2D eigenvalue weighted by atomic mass is 10.1. The molecule has 0 radical (unpaired) electrons. The summed E-state index contributed by atoms with van der Waals surface area (Å²) in [5.41, 5.74) is 1.11. The van der Waals surface area contributed by atoms with Crippen LogP contribution < -0.4 is 9.47 Å². The number of hydrogen-bond acceptors (Lipinski definition) is 5. The molecule has 0 atom stereocenters. The number of rotatable bonds is 21. The topological polar surface area (TPSA) is 57.2 Å². The van der Waals surface area contributed by atoms with E-state index in [9.17, 15) is 4.79 Å². The van der Waals surface area contributed by atoms with E-state index in [4.69, 9.17) is 18.9 Å². The van der Waals surface area contributed by atoms with Gasteiger partial charge < -0.3 is 23.8 Å². The van der Waals surface area contributed by atoms with Gasteiger partial charge in [0, 0.05) is 33.4 Å². The minimum atomic E-state index is -0.403. The molecule has 0 unspecified atom stereocenters. The smallest absolute Gasteiger partial charge is 0.414 e. The zero-order valence-corrected chi connectivity index (χ0v) is 23.1. The van der Waals surface area contributed by atoms with E-state index in [1.165, 1.54) is 62.7 Å². The van der Waals surface area contributed by atoms with Gasteiger partial charge in [-0.05, 0) is 43.4 Å². The first-order chi connectivity index (χ1) is 17.0. The van der Waals surface area contributed by atoms with E-state index in [2.05, 4.69) is 20.8 Å². The Morgan fingerprint density at radius 2 is 1.29 bits per heavy atom. The Bertz CT molecular complexity index is 650. The SMILES string of the molecule is CCCCCCOC(COc1cc(CCCCCC)cc(OC(=O)N(C)C)c1)OCCCCCC. The van der Waals surface area contributed by atoms with Crippen LogP contribution in [0.25, 0.3) is 0 Å². The van der Waals surface area contributed by atoms with Crippen LogP contribution in [0.3, 0.4) is 0 Å². The molecule has 1 aromatic carbocycles. The molecule has 0 spiro atoms. The first-order valence-electron chi connectivity index (χ1n) is 13.9. The molecular formula is C29H51NO5. The zero-order valence-electron chi connectivity index (χ0n) is 23.1. The normalized spacial score (nSPS) is 11.1. The molecule has 0 heterocycles. The number of benzene rings is 1. The van der Waals surface area contributed by atoms with Gasteiger partial charge in [0.05, 0.1) is 0 Å². The summed E-state index contributed by atoms with van der Waals surface area (Å²) in [6, 6.07) is 5.75. The van der Waals surface area contributed by atoms with Gasteiger partial charge in [0.25, 0.3) is 0 Å². The van der Waals surface area contributed by atoms with Crippen LogP contribution in [0.15, 0.2) is 18.2 Å². The number of amides is 1. The van der Waals surface area contributed by atoms with Crippen LogP contribution in [0.4, 0.5) is 4.79 Å². The Labute approximate surface area is 214 Å². The van der Waals surface area contributed by atoms with E-state index in [1.807, 2.05) is 12.1 Å². The van der Waals surface area contributed by atoms with Crippen LogP contribution in [0.2, 0.25) is 0 Å². The van der Waals surface area contributed by atoms with E-state index >= 15 is 0 Å². The second-order valence-corrected chi connectivity index (χ2v) is 9.49. The Morgan fingerprint density at radius 3 is 1.83 bits per heavy atom. The average molecular weight is 494 g/mol. The third-order valence-corrected chi connectivity index (χ3v) is 5.82. The molecule has 0 N–H and O–H groups in total. The third kappa shape index (κ3) is 15.7. The maximum Gasteiger partial charge on any atom is 0.414 e. The molecule has 1 amide bonds. The highest BCUT2D eigenvalue weighted by molar-refractivity contribution is 5.70. The van der Waals surface area contributed by atoms with Crippen molar-refractivity contribution in [1.82, 2.24) is 4.90 Å². The van der Waals surface area contributed by atoms with E-state index in [0.717, 1.165) is 31.2 Å². The monoisotopic (exact) mass is 493 g/mol. The summed E-state index contributed by atoms with van der Waals surface area (Å²) in [5, 5.41) is 0. The number of aryl methyl sites for hydroxylation is 1. The molecule has 0 aliphatic carbocycles. The minimum Gasteiger partial charge on any atom is -0.488 e. The molecule has 202 valence electrons. The number of ether oxygens (including phenoxy) is 4. The number of carbonyl (C=O) groups is 1. The van der Waals surface area contributed by atoms with Crippen molar-refractivity contribution in [3.8, 4) is 11.5 Å². The molecule has 0 aromatic heterocycles. The van der Waals surface area contributed by atoms with Crippen molar-refractivity contribution < 1.29 is 23.7 Å². The predicted octanol–water partition coefficient (Wildman–Crippen LogP) is 7.77. The van der Waals surface area contributed by atoms with Crippen molar-refractivity contribution in [2.75, 3.05) is 33.9 Å².